The van der Waals surface area contributed by atoms with Crippen LogP contribution in [0, 0.1) is 0 Å². The largest absolute Gasteiger partial charge is 0.495 e. The highest BCUT2D eigenvalue weighted by atomic mass is 16.6. The molecule has 33 heavy (non-hydrogen) atoms. The Bertz CT molecular complexity index is 1150. The first kappa shape index (κ1) is 21.5. The van der Waals surface area contributed by atoms with E-state index in [0.717, 1.165) is 48.2 Å². The number of nitrogens with one attached hydrogen (secondary N) is 1. The lowest BCUT2D eigenvalue weighted by molar-refractivity contribution is 0.0706. The van der Waals surface area contributed by atoms with Crippen molar-refractivity contribution in [3.05, 3.63) is 30.7 Å². The van der Waals surface area contributed by atoms with Gasteiger partial charge in [-0.25, -0.2) is 14.8 Å². The van der Waals surface area contributed by atoms with Gasteiger partial charge in [-0.15, -0.1) is 0 Å². The van der Waals surface area contributed by atoms with Crippen molar-refractivity contribution in [1.82, 2.24) is 14.5 Å². The molecular weight excluding hydrogens is 426 g/mol. The van der Waals surface area contributed by atoms with Gasteiger partial charge in [-0.3, -0.25) is 5.32 Å². The molecule has 0 aliphatic carbocycles. The van der Waals surface area contributed by atoms with Gasteiger partial charge in [0.15, 0.2) is 0 Å². The maximum atomic E-state index is 12.3. The number of carbonyl (C=O) groups is 1. The van der Waals surface area contributed by atoms with Crippen LogP contribution < -0.4 is 15.8 Å². The van der Waals surface area contributed by atoms with Crippen molar-refractivity contribution in [2.45, 2.75) is 31.4 Å². The Kier molecular flexibility index (Phi) is 6.01. The lowest BCUT2D eigenvalue weighted by atomic mass is 10.0. The number of amides is 1. The second kappa shape index (κ2) is 9.24. The van der Waals surface area contributed by atoms with Crippen molar-refractivity contribution in [3.8, 4) is 16.9 Å². The van der Waals surface area contributed by atoms with Crippen LogP contribution in [0.15, 0.2) is 30.7 Å². The molecule has 174 valence electrons. The maximum Gasteiger partial charge on any atom is 0.412 e. The lowest BCUT2D eigenvalue weighted by Crippen LogP contribution is -2.22. The third-order valence-corrected chi connectivity index (χ3v) is 6.13. The topological polar surface area (TPSA) is 123 Å². The molecule has 0 saturated carbocycles. The number of benzene rings is 1. The molecule has 1 unspecified atom stereocenters. The summed E-state index contributed by atoms with van der Waals surface area (Å²) in [7, 11) is 1.56. The van der Waals surface area contributed by atoms with Gasteiger partial charge in [0.1, 0.15) is 29.6 Å². The van der Waals surface area contributed by atoms with Gasteiger partial charge in [0.2, 0.25) is 0 Å². The fraction of sp³-hybridized carbons (Fsp3) is 0.435. The van der Waals surface area contributed by atoms with Crippen LogP contribution in [0.25, 0.3) is 22.2 Å². The monoisotopic (exact) mass is 453 g/mol. The summed E-state index contributed by atoms with van der Waals surface area (Å²) in [6, 6.07) is 5.84. The third-order valence-electron chi connectivity index (χ3n) is 6.13. The molecule has 4 heterocycles. The molecule has 0 spiro atoms. The summed E-state index contributed by atoms with van der Waals surface area (Å²) in [5, 5.41) is 3.56. The average molecular weight is 453 g/mol. The smallest absolute Gasteiger partial charge is 0.412 e. The molecule has 2 aliphatic rings. The number of nitrogens with two attached hydrogens (primary N) is 1. The number of aromatic nitrogens is 3. The molecular formula is C23H27N5O5. The van der Waals surface area contributed by atoms with Gasteiger partial charge in [-0.05, 0) is 30.5 Å². The summed E-state index contributed by atoms with van der Waals surface area (Å²) in [6.45, 7) is 2.46. The van der Waals surface area contributed by atoms with Crippen LogP contribution in [-0.4, -0.2) is 60.3 Å². The third kappa shape index (κ3) is 4.31. The molecule has 2 aromatic heterocycles. The number of rotatable bonds is 5. The van der Waals surface area contributed by atoms with Gasteiger partial charge < -0.3 is 29.2 Å². The number of nitrogen functional groups attached to an aromatic ring is 1. The van der Waals surface area contributed by atoms with Crippen LogP contribution in [0.2, 0.25) is 0 Å². The highest BCUT2D eigenvalue weighted by Gasteiger charge is 2.24. The van der Waals surface area contributed by atoms with E-state index in [1.807, 2.05) is 12.1 Å². The summed E-state index contributed by atoms with van der Waals surface area (Å²) < 4.78 is 23.9. The normalized spacial score (nSPS) is 19.0. The second-order valence-electron chi connectivity index (χ2n) is 8.18. The van der Waals surface area contributed by atoms with Crippen molar-refractivity contribution in [3.63, 3.8) is 0 Å². The zero-order valence-corrected chi connectivity index (χ0v) is 18.5. The van der Waals surface area contributed by atoms with E-state index in [1.165, 1.54) is 6.33 Å². The molecule has 0 radical (unpaired) electrons. The van der Waals surface area contributed by atoms with Crippen LogP contribution in [0.3, 0.4) is 0 Å². The first-order valence-electron chi connectivity index (χ1n) is 11.1. The summed E-state index contributed by atoms with van der Waals surface area (Å²) in [6.07, 6.45) is 5.32. The van der Waals surface area contributed by atoms with Crippen LogP contribution in [0.1, 0.15) is 25.3 Å². The minimum Gasteiger partial charge on any atom is -0.495 e. The number of hydrogen-bond donors (Lipinski definition) is 2. The van der Waals surface area contributed by atoms with E-state index < -0.39 is 6.09 Å². The number of hydrogen-bond acceptors (Lipinski definition) is 8. The lowest BCUT2D eigenvalue weighted by Gasteiger charge is -2.24. The van der Waals surface area contributed by atoms with Crippen molar-refractivity contribution in [2.75, 3.05) is 44.6 Å². The highest BCUT2D eigenvalue weighted by molar-refractivity contribution is 6.01. The Hall–Kier alpha value is -3.37. The summed E-state index contributed by atoms with van der Waals surface area (Å²) in [5.74, 6) is 0.929. The highest BCUT2D eigenvalue weighted by Crippen LogP contribution is 2.39. The van der Waals surface area contributed by atoms with Crippen molar-refractivity contribution in [1.29, 1.82) is 0 Å². The first-order valence-corrected chi connectivity index (χ1v) is 11.1. The van der Waals surface area contributed by atoms with E-state index in [9.17, 15) is 4.79 Å². The molecule has 3 N–H and O–H groups in total. The molecule has 2 aliphatic heterocycles. The van der Waals surface area contributed by atoms with Gasteiger partial charge in [0.25, 0.3) is 0 Å². The maximum absolute atomic E-state index is 12.3. The molecule has 2 fully saturated rings. The molecule has 3 aromatic rings. The standard InChI is InChI=1S/C23H27N5O5/c1-30-19-10-14(2-3-18(19)27-23(29)33-16-6-9-32-12-16)17-11-28(15-4-7-31-8-5-15)22-20(17)21(24)25-13-26-22/h2-3,10-11,13,15-16H,4-9,12H2,1H3,(H,27,29)(H2,24,25,26). The molecule has 10 heteroatoms. The zero-order chi connectivity index (χ0) is 22.8. The number of anilines is 2. The van der Waals surface area contributed by atoms with E-state index >= 15 is 0 Å². The minimum atomic E-state index is -0.537. The van der Waals surface area contributed by atoms with E-state index in [4.69, 9.17) is 24.7 Å². The quantitative estimate of drug-likeness (QED) is 0.603. The van der Waals surface area contributed by atoms with Gasteiger partial charge in [0, 0.05) is 37.4 Å². The Balaban J connectivity index is 1.47. The summed E-state index contributed by atoms with van der Waals surface area (Å²) >= 11 is 0. The van der Waals surface area contributed by atoms with E-state index in [1.54, 1.807) is 13.2 Å². The molecule has 2 saturated heterocycles. The number of methoxy groups -OCH3 is 1. The minimum absolute atomic E-state index is 0.227. The zero-order valence-electron chi connectivity index (χ0n) is 18.5. The Morgan fingerprint density at radius 2 is 2.00 bits per heavy atom. The number of nitrogens with zero attached hydrogens (tertiary/aromatic N) is 3. The molecule has 1 atom stereocenters. The summed E-state index contributed by atoms with van der Waals surface area (Å²) in [4.78, 5) is 21.0. The van der Waals surface area contributed by atoms with Crippen molar-refractivity contribution >= 4 is 28.6 Å². The van der Waals surface area contributed by atoms with Gasteiger partial charge >= 0.3 is 6.09 Å². The molecule has 5 rings (SSSR count). The van der Waals surface area contributed by atoms with Crippen LogP contribution in [0.4, 0.5) is 16.3 Å². The Morgan fingerprint density at radius 1 is 1.18 bits per heavy atom. The predicted molar refractivity (Wildman–Crippen MR) is 122 cm³/mol. The van der Waals surface area contributed by atoms with Gasteiger partial charge in [-0.1, -0.05) is 6.07 Å². The molecule has 1 amide bonds. The van der Waals surface area contributed by atoms with Crippen molar-refractivity contribution in [2.24, 2.45) is 0 Å². The van der Waals surface area contributed by atoms with Crippen LogP contribution in [-0.2, 0) is 14.2 Å². The van der Waals surface area contributed by atoms with Crippen LogP contribution >= 0.6 is 0 Å². The fourth-order valence-electron chi connectivity index (χ4n) is 4.43. The predicted octanol–water partition coefficient (Wildman–Crippen LogP) is 3.38. The van der Waals surface area contributed by atoms with Crippen LogP contribution in [0.5, 0.6) is 5.75 Å². The van der Waals surface area contributed by atoms with Crippen molar-refractivity contribution < 1.29 is 23.7 Å². The summed E-state index contributed by atoms with van der Waals surface area (Å²) in [5.41, 5.74) is 9.38. The number of ether oxygens (including phenoxy) is 4. The number of carbonyl (C=O) groups excluding carboxylic acids is 1. The molecule has 10 nitrogen and oxygen atoms in total. The van der Waals surface area contributed by atoms with E-state index in [0.29, 0.717) is 36.9 Å². The SMILES string of the molecule is COc1cc(-c2cn(C3CCOCC3)c3ncnc(N)c23)ccc1NC(=O)OC1CCOC1. The van der Waals surface area contributed by atoms with Gasteiger partial charge in [-0.2, -0.15) is 0 Å². The first-order chi connectivity index (χ1) is 16.1. The average Bonchev–Trinajstić information content (AvgIpc) is 3.48. The van der Waals surface area contributed by atoms with E-state index in [-0.39, 0.29) is 12.1 Å². The fourth-order valence-corrected chi connectivity index (χ4v) is 4.43. The Labute approximate surface area is 191 Å². The number of fused-ring (bicyclic) bond motifs is 1. The van der Waals surface area contributed by atoms with E-state index in [2.05, 4.69) is 26.0 Å². The Morgan fingerprint density at radius 3 is 2.76 bits per heavy atom. The van der Waals surface area contributed by atoms with Gasteiger partial charge in [0.05, 0.1) is 31.4 Å². The molecule has 1 aromatic carbocycles. The molecule has 0 bridgehead atoms. The second-order valence-corrected chi connectivity index (χ2v) is 8.18.